The Balaban J connectivity index is 2.02. The molecule has 1 aromatic heterocycles. The summed E-state index contributed by atoms with van der Waals surface area (Å²) in [6, 6.07) is 6.28. The molecule has 3 rings (SSSR count). The lowest BCUT2D eigenvalue weighted by molar-refractivity contribution is -0.115. The minimum atomic E-state index is -4.14. The van der Waals surface area contributed by atoms with Gasteiger partial charge in [-0.2, -0.15) is 0 Å². The van der Waals surface area contributed by atoms with Crippen LogP contribution in [-0.4, -0.2) is 31.5 Å². The fourth-order valence-corrected chi connectivity index (χ4v) is 3.81. The number of benzene rings is 2. The summed E-state index contributed by atoms with van der Waals surface area (Å²) in [6.07, 6.45) is 0.915. The normalized spacial score (nSPS) is 11.4. The number of carbonyl (C=O) groups is 1. The predicted molar refractivity (Wildman–Crippen MR) is 105 cm³/mol. The van der Waals surface area contributed by atoms with E-state index in [0.717, 1.165) is 6.07 Å². The Labute approximate surface area is 170 Å². The summed E-state index contributed by atoms with van der Waals surface area (Å²) < 4.78 is 42.7. The molecule has 2 aromatic carbocycles. The molecule has 0 atom stereocenters. The molecule has 3 aromatic rings. The summed E-state index contributed by atoms with van der Waals surface area (Å²) in [5.74, 6) is -2.19. The highest BCUT2D eigenvalue weighted by Crippen LogP contribution is 2.32. The number of aromatic hydroxyl groups is 1. The van der Waals surface area contributed by atoms with Gasteiger partial charge in [0.25, 0.3) is 0 Å². The number of methoxy groups -OCH3 is 1. The molecular formula is C18H15ClFN3O5S. The number of sulfonamides is 1. The molecule has 8 nitrogen and oxygen atoms in total. The van der Waals surface area contributed by atoms with Gasteiger partial charge in [0.15, 0.2) is 11.6 Å². The molecule has 0 aliphatic heterocycles. The second-order valence-electron chi connectivity index (χ2n) is 6.02. The van der Waals surface area contributed by atoms with Crippen LogP contribution in [0.25, 0.3) is 10.8 Å². The van der Waals surface area contributed by atoms with E-state index < -0.39 is 33.9 Å². The number of primary sulfonamides is 1. The predicted octanol–water partition coefficient (Wildman–Crippen LogP) is 2.57. The summed E-state index contributed by atoms with van der Waals surface area (Å²) in [4.78, 5) is 16.2. The summed E-state index contributed by atoms with van der Waals surface area (Å²) >= 11 is 5.92. The number of pyridine rings is 1. The van der Waals surface area contributed by atoms with Gasteiger partial charge in [-0.25, -0.2) is 22.9 Å². The monoisotopic (exact) mass is 439 g/mol. The lowest BCUT2D eigenvalue weighted by Crippen LogP contribution is -2.17. The highest BCUT2D eigenvalue weighted by atomic mass is 35.5. The molecule has 0 aliphatic rings. The molecule has 0 fully saturated rings. The third kappa shape index (κ3) is 4.24. The average Bonchev–Trinajstić information content (AvgIpc) is 2.66. The molecule has 0 saturated carbocycles. The van der Waals surface area contributed by atoms with Crippen LogP contribution in [0.5, 0.6) is 11.6 Å². The number of nitrogens with two attached hydrogens (primary N) is 1. The van der Waals surface area contributed by atoms with Crippen molar-refractivity contribution in [3.05, 3.63) is 52.9 Å². The molecule has 1 heterocycles. The van der Waals surface area contributed by atoms with Gasteiger partial charge in [-0.3, -0.25) is 4.79 Å². The van der Waals surface area contributed by atoms with Crippen molar-refractivity contribution in [2.24, 2.45) is 5.14 Å². The number of phenols is 1. The molecule has 0 radical (unpaired) electrons. The molecule has 0 spiro atoms. The third-order valence-electron chi connectivity index (χ3n) is 4.10. The van der Waals surface area contributed by atoms with Gasteiger partial charge in [-0.1, -0.05) is 11.6 Å². The summed E-state index contributed by atoms with van der Waals surface area (Å²) in [5.41, 5.74) is -0.0132. The maximum Gasteiger partial charge on any atom is 0.238 e. The van der Waals surface area contributed by atoms with Crippen molar-refractivity contribution in [2.75, 3.05) is 12.4 Å². The van der Waals surface area contributed by atoms with Crippen LogP contribution in [0, 0.1) is 5.82 Å². The fraction of sp³-hybridized carbons (Fsp3) is 0.111. The molecule has 1 amide bonds. The van der Waals surface area contributed by atoms with Crippen molar-refractivity contribution < 1.29 is 27.4 Å². The van der Waals surface area contributed by atoms with Crippen molar-refractivity contribution in [2.45, 2.75) is 11.3 Å². The maximum absolute atomic E-state index is 13.5. The van der Waals surface area contributed by atoms with E-state index in [1.807, 2.05) is 0 Å². The van der Waals surface area contributed by atoms with E-state index in [1.54, 1.807) is 0 Å². The number of fused-ring (bicyclic) bond motifs is 1. The van der Waals surface area contributed by atoms with Crippen LogP contribution in [0.15, 0.2) is 41.4 Å². The SMILES string of the molecule is COc1nccc2c(S(N)(=O)=O)cc(NC(=O)Cc3c(Cl)ccc(F)c3O)cc12. The number of aromatic nitrogens is 1. The molecule has 29 heavy (non-hydrogen) atoms. The van der Waals surface area contributed by atoms with E-state index in [1.165, 1.54) is 37.6 Å². The van der Waals surface area contributed by atoms with Gasteiger partial charge in [-0.15, -0.1) is 0 Å². The molecular weight excluding hydrogens is 425 g/mol. The van der Waals surface area contributed by atoms with E-state index in [4.69, 9.17) is 21.5 Å². The number of amides is 1. The van der Waals surface area contributed by atoms with Gasteiger partial charge < -0.3 is 15.2 Å². The molecule has 0 bridgehead atoms. The zero-order valence-electron chi connectivity index (χ0n) is 14.9. The van der Waals surface area contributed by atoms with E-state index in [9.17, 15) is 22.7 Å². The number of hydrogen-bond acceptors (Lipinski definition) is 6. The highest BCUT2D eigenvalue weighted by molar-refractivity contribution is 7.89. The standard InChI is InChI=1S/C18H15ClFN3O5S/c1-28-18-11-6-9(7-15(29(21,26)27)10(11)4-5-22-18)23-16(24)8-12-13(19)2-3-14(20)17(12)25/h2-7,25H,8H2,1H3,(H,23,24)(H2,21,26,27). The molecule has 0 saturated heterocycles. The van der Waals surface area contributed by atoms with E-state index >= 15 is 0 Å². The van der Waals surface area contributed by atoms with Crippen LogP contribution in [-0.2, 0) is 21.2 Å². The number of hydrogen-bond donors (Lipinski definition) is 3. The van der Waals surface area contributed by atoms with Crippen LogP contribution in [0.3, 0.4) is 0 Å². The second kappa shape index (κ2) is 7.82. The number of carbonyl (C=O) groups excluding carboxylic acids is 1. The first-order chi connectivity index (χ1) is 13.6. The quantitative estimate of drug-likeness (QED) is 0.559. The van der Waals surface area contributed by atoms with Gasteiger partial charge in [-0.05, 0) is 30.3 Å². The first-order valence-corrected chi connectivity index (χ1v) is 9.99. The maximum atomic E-state index is 13.5. The summed E-state index contributed by atoms with van der Waals surface area (Å²) in [7, 11) is -2.78. The van der Waals surface area contributed by atoms with Crippen LogP contribution in [0.1, 0.15) is 5.56 Å². The first-order valence-electron chi connectivity index (χ1n) is 8.07. The van der Waals surface area contributed by atoms with Crippen LogP contribution < -0.4 is 15.2 Å². The van der Waals surface area contributed by atoms with Gasteiger partial charge >= 0.3 is 0 Å². The van der Waals surface area contributed by atoms with E-state index in [0.29, 0.717) is 5.39 Å². The smallest absolute Gasteiger partial charge is 0.238 e. The second-order valence-corrected chi connectivity index (χ2v) is 7.95. The Morgan fingerprint density at radius 1 is 1.31 bits per heavy atom. The Morgan fingerprint density at radius 2 is 2.03 bits per heavy atom. The number of ether oxygens (including phenoxy) is 1. The molecule has 0 aliphatic carbocycles. The Hall–Kier alpha value is -2.95. The van der Waals surface area contributed by atoms with Crippen LogP contribution in [0.4, 0.5) is 10.1 Å². The lowest BCUT2D eigenvalue weighted by Gasteiger charge is -2.13. The zero-order valence-corrected chi connectivity index (χ0v) is 16.5. The van der Waals surface area contributed by atoms with E-state index in [-0.39, 0.29) is 32.4 Å². The molecule has 11 heteroatoms. The number of halogens is 2. The average molecular weight is 440 g/mol. The van der Waals surface area contributed by atoms with Crippen molar-refractivity contribution in [3.8, 4) is 11.6 Å². The number of anilines is 1. The van der Waals surface area contributed by atoms with Crippen molar-refractivity contribution >= 4 is 44.0 Å². The topological polar surface area (TPSA) is 132 Å². The van der Waals surface area contributed by atoms with Gasteiger partial charge in [0, 0.05) is 33.2 Å². The molecule has 0 unspecified atom stereocenters. The third-order valence-corrected chi connectivity index (χ3v) is 5.41. The molecule has 152 valence electrons. The number of nitrogens with one attached hydrogen (secondary N) is 1. The minimum absolute atomic E-state index is 0.00801. The lowest BCUT2D eigenvalue weighted by atomic mass is 10.1. The number of rotatable bonds is 5. The van der Waals surface area contributed by atoms with Gasteiger partial charge in [0.1, 0.15) is 0 Å². The summed E-state index contributed by atoms with van der Waals surface area (Å²) in [5, 5.41) is 18.2. The van der Waals surface area contributed by atoms with Crippen molar-refractivity contribution in [1.29, 1.82) is 0 Å². The highest BCUT2D eigenvalue weighted by Gasteiger charge is 2.19. The minimum Gasteiger partial charge on any atom is -0.505 e. The van der Waals surface area contributed by atoms with Crippen molar-refractivity contribution in [1.82, 2.24) is 4.98 Å². The number of phenolic OH excluding ortho intramolecular Hbond substituents is 1. The zero-order chi connectivity index (χ0) is 21.3. The van der Waals surface area contributed by atoms with Gasteiger partial charge in [0.05, 0.1) is 18.4 Å². The Morgan fingerprint density at radius 3 is 2.69 bits per heavy atom. The first kappa shape index (κ1) is 20.8. The van der Waals surface area contributed by atoms with Crippen LogP contribution in [0.2, 0.25) is 5.02 Å². The fourth-order valence-electron chi connectivity index (χ4n) is 2.81. The summed E-state index contributed by atoms with van der Waals surface area (Å²) in [6.45, 7) is 0. The Bertz CT molecular complexity index is 1230. The Kier molecular flexibility index (Phi) is 5.60. The van der Waals surface area contributed by atoms with Crippen LogP contribution >= 0.6 is 11.6 Å². The largest absolute Gasteiger partial charge is 0.505 e. The van der Waals surface area contributed by atoms with Crippen molar-refractivity contribution in [3.63, 3.8) is 0 Å². The molecule has 4 N–H and O–H groups in total. The number of nitrogens with zero attached hydrogens (tertiary/aromatic N) is 1. The van der Waals surface area contributed by atoms with E-state index in [2.05, 4.69) is 10.3 Å². The van der Waals surface area contributed by atoms with Gasteiger partial charge in [0.2, 0.25) is 21.8 Å².